The van der Waals surface area contributed by atoms with Gasteiger partial charge in [-0.3, -0.25) is 9.59 Å². The molecule has 0 aliphatic carbocycles. The molecule has 0 atom stereocenters. The highest BCUT2D eigenvalue weighted by Crippen LogP contribution is 2.34. The first kappa shape index (κ1) is 16.8. The Labute approximate surface area is 149 Å². The topological polar surface area (TPSA) is 52.6 Å². The number of esters is 2. The quantitative estimate of drug-likeness (QED) is 0.394. The Morgan fingerprint density at radius 1 is 0.833 bits per heavy atom. The summed E-state index contributed by atoms with van der Waals surface area (Å²) in [6.07, 6.45) is 0.354. The third-order valence-corrected chi connectivity index (χ3v) is 4.32. The Hall–Kier alpha value is -2.04. The van der Waals surface area contributed by atoms with Crippen LogP contribution in [0.1, 0.15) is 25.0 Å². The molecular formula is C18H14Cl2O4. The summed E-state index contributed by atoms with van der Waals surface area (Å²) in [5.41, 5.74) is -0.0493. The van der Waals surface area contributed by atoms with Gasteiger partial charge in [0.1, 0.15) is 11.5 Å². The molecule has 0 bridgehead atoms. The molecule has 124 valence electrons. The number of benzene rings is 2. The number of carbonyl (C=O) groups is 2. The van der Waals surface area contributed by atoms with Crippen LogP contribution in [0, 0.1) is 5.41 Å². The number of ether oxygens (including phenoxy) is 2. The number of hydrogen-bond donors (Lipinski definition) is 0. The molecule has 1 heterocycles. The molecule has 0 unspecified atom stereocenters. The summed E-state index contributed by atoms with van der Waals surface area (Å²) < 4.78 is 10.9. The van der Waals surface area contributed by atoms with Crippen LogP contribution in [0.2, 0.25) is 10.0 Å². The van der Waals surface area contributed by atoms with Crippen LogP contribution in [-0.2, 0) is 16.0 Å². The van der Waals surface area contributed by atoms with Gasteiger partial charge in [-0.25, -0.2) is 0 Å². The summed E-state index contributed by atoms with van der Waals surface area (Å²) in [5, 5.41) is 1.03. The number of rotatable bonds is 0. The lowest BCUT2D eigenvalue weighted by Gasteiger charge is -2.24. The molecule has 0 amide bonds. The average Bonchev–Trinajstić information content (AvgIpc) is 2.51. The monoisotopic (exact) mass is 364 g/mol. The second kappa shape index (κ2) is 6.11. The first-order chi connectivity index (χ1) is 11.3. The van der Waals surface area contributed by atoms with Crippen LogP contribution in [0.3, 0.4) is 0 Å². The highest BCUT2D eigenvalue weighted by atomic mass is 35.5. The van der Waals surface area contributed by atoms with Gasteiger partial charge in [0.15, 0.2) is 5.41 Å². The van der Waals surface area contributed by atoms with E-state index in [1.54, 1.807) is 36.4 Å². The van der Waals surface area contributed by atoms with Crippen molar-refractivity contribution in [2.24, 2.45) is 5.41 Å². The third-order valence-electron chi connectivity index (χ3n) is 3.85. The fourth-order valence-corrected chi connectivity index (χ4v) is 2.70. The van der Waals surface area contributed by atoms with Gasteiger partial charge in [-0.15, -0.1) is 0 Å². The minimum absolute atomic E-state index is 0.354. The maximum atomic E-state index is 12.4. The fraction of sp³-hybridized carbons (Fsp3) is 0.222. The molecular weight excluding hydrogens is 351 g/mol. The van der Waals surface area contributed by atoms with Gasteiger partial charge in [0.25, 0.3) is 0 Å². The lowest BCUT2D eigenvalue weighted by atomic mass is 9.93. The van der Waals surface area contributed by atoms with E-state index in [-0.39, 0.29) is 0 Å². The Kier molecular flexibility index (Phi) is 4.28. The van der Waals surface area contributed by atoms with Gasteiger partial charge >= 0.3 is 11.9 Å². The largest absolute Gasteiger partial charge is 0.425 e. The molecule has 2 aromatic rings. The van der Waals surface area contributed by atoms with Crippen molar-refractivity contribution < 1.29 is 19.1 Å². The molecule has 0 fully saturated rings. The van der Waals surface area contributed by atoms with Gasteiger partial charge < -0.3 is 9.47 Å². The molecule has 0 radical (unpaired) electrons. The van der Waals surface area contributed by atoms with Crippen molar-refractivity contribution in [1.82, 2.24) is 0 Å². The van der Waals surface area contributed by atoms with Crippen molar-refractivity contribution in [3.05, 3.63) is 57.6 Å². The average molecular weight is 365 g/mol. The Bertz CT molecular complexity index is 775. The summed E-state index contributed by atoms with van der Waals surface area (Å²) in [6, 6.07) is 9.91. The van der Waals surface area contributed by atoms with E-state index in [2.05, 4.69) is 0 Å². The summed E-state index contributed by atoms with van der Waals surface area (Å²) in [5.74, 6) is -0.654. The molecule has 0 saturated carbocycles. The molecule has 24 heavy (non-hydrogen) atoms. The number of carbonyl (C=O) groups excluding carboxylic acids is 2. The molecule has 0 saturated heterocycles. The molecule has 4 nitrogen and oxygen atoms in total. The summed E-state index contributed by atoms with van der Waals surface area (Å²) >= 11 is 12.1. The lowest BCUT2D eigenvalue weighted by Crippen LogP contribution is -2.40. The van der Waals surface area contributed by atoms with Crippen LogP contribution >= 0.6 is 23.2 Å². The standard InChI is InChI=1S/C18H14Cl2O4/c1-18(2)16(21)23-14-5-3-12(19)8-10(14)7-11-9-13(20)4-6-15(11)24-17(18)22/h3-6,8-9H,7H2,1-2H3. The van der Waals surface area contributed by atoms with Crippen molar-refractivity contribution in [1.29, 1.82) is 0 Å². The van der Waals surface area contributed by atoms with Crippen molar-refractivity contribution in [3.63, 3.8) is 0 Å². The minimum Gasteiger partial charge on any atom is -0.425 e. The van der Waals surface area contributed by atoms with Crippen molar-refractivity contribution >= 4 is 35.1 Å². The van der Waals surface area contributed by atoms with Crippen LogP contribution in [0.25, 0.3) is 0 Å². The maximum Gasteiger partial charge on any atom is 0.328 e. The molecule has 6 heteroatoms. The van der Waals surface area contributed by atoms with Crippen LogP contribution in [0.4, 0.5) is 0 Å². The maximum absolute atomic E-state index is 12.4. The van der Waals surface area contributed by atoms with Crippen LogP contribution in [0.15, 0.2) is 36.4 Å². The number of fused-ring (bicyclic) bond motifs is 2. The normalized spacial score (nSPS) is 16.5. The van der Waals surface area contributed by atoms with Gasteiger partial charge in [0, 0.05) is 27.6 Å². The Morgan fingerprint density at radius 2 is 1.25 bits per heavy atom. The van der Waals surface area contributed by atoms with E-state index in [9.17, 15) is 9.59 Å². The van der Waals surface area contributed by atoms with Gasteiger partial charge in [0.2, 0.25) is 0 Å². The molecule has 3 rings (SSSR count). The lowest BCUT2D eigenvalue weighted by molar-refractivity contribution is -0.158. The third kappa shape index (κ3) is 3.12. The second-order valence-corrected chi connectivity index (χ2v) is 6.96. The van der Waals surface area contributed by atoms with Gasteiger partial charge in [-0.1, -0.05) is 23.2 Å². The SMILES string of the molecule is CC1(C)C(=O)Oc2ccc(Cl)cc2Cc2cc(Cl)ccc2OC1=O. The van der Waals surface area contributed by atoms with Crippen LogP contribution in [-0.4, -0.2) is 11.9 Å². The van der Waals surface area contributed by atoms with E-state index in [0.29, 0.717) is 39.1 Å². The van der Waals surface area contributed by atoms with E-state index in [4.69, 9.17) is 32.7 Å². The molecule has 0 aromatic heterocycles. The molecule has 2 aromatic carbocycles. The van der Waals surface area contributed by atoms with E-state index in [0.717, 1.165) is 0 Å². The van der Waals surface area contributed by atoms with Crippen LogP contribution < -0.4 is 9.47 Å². The first-order valence-electron chi connectivity index (χ1n) is 7.29. The predicted molar refractivity (Wildman–Crippen MR) is 90.8 cm³/mol. The number of halogens is 2. The van der Waals surface area contributed by atoms with Crippen molar-refractivity contribution in [2.75, 3.05) is 0 Å². The van der Waals surface area contributed by atoms with Gasteiger partial charge in [-0.05, 0) is 50.2 Å². The van der Waals surface area contributed by atoms with E-state index in [1.807, 2.05) is 0 Å². The second-order valence-electron chi connectivity index (χ2n) is 6.08. The zero-order chi connectivity index (χ0) is 17.5. The van der Waals surface area contributed by atoms with Crippen LogP contribution in [0.5, 0.6) is 11.5 Å². The zero-order valence-corrected chi connectivity index (χ0v) is 14.6. The Balaban J connectivity index is 2.19. The number of hydrogen-bond acceptors (Lipinski definition) is 4. The van der Waals surface area contributed by atoms with E-state index in [1.165, 1.54) is 13.8 Å². The zero-order valence-electron chi connectivity index (χ0n) is 13.1. The smallest absolute Gasteiger partial charge is 0.328 e. The molecule has 1 aliphatic heterocycles. The highest BCUT2D eigenvalue weighted by Gasteiger charge is 2.41. The van der Waals surface area contributed by atoms with Gasteiger partial charge in [-0.2, -0.15) is 0 Å². The minimum atomic E-state index is -1.45. The molecule has 0 N–H and O–H groups in total. The van der Waals surface area contributed by atoms with Gasteiger partial charge in [0.05, 0.1) is 0 Å². The fourth-order valence-electron chi connectivity index (χ4n) is 2.31. The summed E-state index contributed by atoms with van der Waals surface area (Å²) in [6.45, 7) is 2.93. The van der Waals surface area contributed by atoms with Crippen molar-refractivity contribution in [2.45, 2.75) is 20.3 Å². The van der Waals surface area contributed by atoms with E-state index < -0.39 is 17.4 Å². The summed E-state index contributed by atoms with van der Waals surface area (Å²) in [4.78, 5) is 24.8. The summed E-state index contributed by atoms with van der Waals surface area (Å²) in [7, 11) is 0. The van der Waals surface area contributed by atoms with Crippen molar-refractivity contribution in [3.8, 4) is 11.5 Å². The Morgan fingerprint density at radius 3 is 1.67 bits per heavy atom. The highest BCUT2D eigenvalue weighted by molar-refractivity contribution is 6.31. The molecule has 1 aliphatic rings. The predicted octanol–water partition coefficient (Wildman–Crippen LogP) is 4.43. The van der Waals surface area contributed by atoms with E-state index >= 15 is 0 Å². The molecule has 0 spiro atoms. The first-order valence-corrected chi connectivity index (χ1v) is 8.04.